The number of esters is 2. The van der Waals surface area contributed by atoms with Crippen molar-refractivity contribution in [2.24, 2.45) is 5.92 Å². The normalized spacial score (nSPS) is 13.9. The zero-order valence-electron chi connectivity index (χ0n) is 17.7. The summed E-state index contributed by atoms with van der Waals surface area (Å²) in [5, 5.41) is 2.70. The van der Waals surface area contributed by atoms with Crippen LogP contribution in [0, 0.1) is 11.7 Å². The quantitative estimate of drug-likeness (QED) is 0.715. The van der Waals surface area contributed by atoms with Crippen molar-refractivity contribution in [1.29, 1.82) is 0 Å². The minimum Gasteiger partial charge on any atom is -0.465 e. The highest BCUT2D eigenvalue weighted by atomic mass is 19.1. The van der Waals surface area contributed by atoms with Gasteiger partial charge in [-0.3, -0.25) is 9.59 Å². The highest BCUT2D eigenvalue weighted by molar-refractivity contribution is 6.04. The maximum atomic E-state index is 13.4. The number of hydrogen-bond donors (Lipinski definition) is 1. The Morgan fingerprint density at radius 1 is 0.938 bits per heavy atom. The molecule has 168 valence electrons. The third-order valence-corrected chi connectivity index (χ3v) is 5.33. The van der Waals surface area contributed by atoms with Gasteiger partial charge in [0.2, 0.25) is 5.91 Å². The van der Waals surface area contributed by atoms with E-state index in [0.717, 1.165) is 0 Å². The van der Waals surface area contributed by atoms with Crippen LogP contribution in [0.1, 0.15) is 43.9 Å². The molecular weight excluding hydrogens is 419 g/mol. The molecule has 0 radical (unpaired) electrons. The number of carbonyl (C=O) groups is 4. The van der Waals surface area contributed by atoms with Crippen molar-refractivity contribution in [1.82, 2.24) is 4.90 Å². The summed E-state index contributed by atoms with van der Waals surface area (Å²) in [5.74, 6) is -2.79. The second kappa shape index (κ2) is 10.0. The van der Waals surface area contributed by atoms with Gasteiger partial charge in [0.15, 0.2) is 0 Å². The highest BCUT2D eigenvalue weighted by Crippen LogP contribution is 2.24. The van der Waals surface area contributed by atoms with Crippen LogP contribution in [0.25, 0.3) is 0 Å². The Morgan fingerprint density at radius 3 is 2.25 bits per heavy atom. The number of amides is 2. The molecule has 2 amide bonds. The fourth-order valence-corrected chi connectivity index (χ4v) is 3.56. The molecule has 1 N–H and O–H groups in total. The molecular formula is C23H23FN2O6. The summed E-state index contributed by atoms with van der Waals surface area (Å²) < 4.78 is 22.8. The van der Waals surface area contributed by atoms with Gasteiger partial charge < -0.3 is 19.7 Å². The summed E-state index contributed by atoms with van der Waals surface area (Å²) in [5.41, 5.74) is 0.677. The van der Waals surface area contributed by atoms with Gasteiger partial charge in [0.05, 0.1) is 31.0 Å². The van der Waals surface area contributed by atoms with Crippen LogP contribution in [-0.4, -0.2) is 56.0 Å². The molecule has 1 saturated heterocycles. The summed E-state index contributed by atoms with van der Waals surface area (Å²) >= 11 is 0. The van der Waals surface area contributed by atoms with Crippen LogP contribution >= 0.6 is 0 Å². The molecule has 9 heteroatoms. The zero-order chi connectivity index (χ0) is 23.3. The third-order valence-electron chi connectivity index (χ3n) is 5.33. The Bertz CT molecular complexity index is 1050. The van der Waals surface area contributed by atoms with Crippen LogP contribution in [0.15, 0.2) is 42.5 Å². The number of halogens is 1. The molecule has 3 rings (SSSR count). The molecule has 8 nitrogen and oxygen atoms in total. The number of methoxy groups -OCH3 is 2. The number of ether oxygens (including phenoxy) is 2. The SMILES string of the molecule is COC(=O)c1ccc(C(=O)OC)c(NC(=O)C2CCN(C(=O)c3cccc(F)c3)CC2)c1. The predicted octanol–water partition coefficient (Wildman–Crippen LogP) is 2.89. The van der Waals surface area contributed by atoms with Crippen molar-refractivity contribution in [3.8, 4) is 0 Å². The number of rotatable bonds is 5. The van der Waals surface area contributed by atoms with Gasteiger partial charge in [0.1, 0.15) is 5.82 Å². The van der Waals surface area contributed by atoms with E-state index in [2.05, 4.69) is 10.1 Å². The van der Waals surface area contributed by atoms with E-state index in [1.54, 1.807) is 11.0 Å². The van der Waals surface area contributed by atoms with Gasteiger partial charge in [-0.05, 0) is 49.2 Å². The second-order valence-corrected chi connectivity index (χ2v) is 7.31. The van der Waals surface area contributed by atoms with E-state index in [-0.39, 0.29) is 34.2 Å². The van der Waals surface area contributed by atoms with Gasteiger partial charge in [0.25, 0.3) is 5.91 Å². The number of nitrogens with one attached hydrogen (secondary N) is 1. The molecule has 0 saturated carbocycles. The van der Waals surface area contributed by atoms with E-state index in [0.29, 0.717) is 25.9 Å². The maximum Gasteiger partial charge on any atom is 0.339 e. The molecule has 2 aromatic rings. The lowest BCUT2D eigenvalue weighted by atomic mass is 9.95. The first kappa shape index (κ1) is 22.9. The van der Waals surface area contributed by atoms with E-state index in [1.165, 1.54) is 50.6 Å². The molecule has 1 fully saturated rings. The summed E-state index contributed by atoms with van der Waals surface area (Å²) in [6.45, 7) is 0.666. The van der Waals surface area contributed by atoms with Crippen LogP contribution in [0.4, 0.5) is 10.1 Å². The Kier molecular flexibility index (Phi) is 7.19. The fraction of sp³-hybridized carbons (Fsp3) is 0.304. The number of anilines is 1. The molecule has 1 heterocycles. The first-order valence-corrected chi connectivity index (χ1v) is 10.0. The first-order chi connectivity index (χ1) is 15.3. The minimum atomic E-state index is -0.660. The number of likely N-dealkylation sites (tertiary alicyclic amines) is 1. The van der Waals surface area contributed by atoms with Crippen molar-refractivity contribution in [3.05, 3.63) is 65.0 Å². The molecule has 1 aliphatic heterocycles. The lowest BCUT2D eigenvalue weighted by Crippen LogP contribution is -2.41. The summed E-state index contributed by atoms with van der Waals surface area (Å²) in [6.07, 6.45) is 0.800. The van der Waals surface area contributed by atoms with E-state index in [4.69, 9.17) is 4.74 Å². The molecule has 0 atom stereocenters. The predicted molar refractivity (Wildman–Crippen MR) is 113 cm³/mol. The van der Waals surface area contributed by atoms with E-state index >= 15 is 0 Å². The molecule has 0 bridgehead atoms. The van der Waals surface area contributed by atoms with Crippen LogP contribution in [0.2, 0.25) is 0 Å². The monoisotopic (exact) mass is 442 g/mol. The first-order valence-electron chi connectivity index (χ1n) is 10.0. The minimum absolute atomic E-state index is 0.104. The maximum absolute atomic E-state index is 13.4. The summed E-state index contributed by atoms with van der Waals surface area (Å²) in [6, 6.07) is 9.63. The van der Waals surface area contributed by atoms with Crippen LogP contribution < -0.4 is 5.32 Å². The van der Waals surface area contributed by atoms with Crippen molar-refractivity contribution < 1.29 is 33.0 Å². The topological polar surface area (TPSA) is 102 Å². The molecule has 0 spiro atoms. The molecule has 0 unspecified atom stereocenters. The fourth-order valence-electron chi connectivity index (χ4n) is 3.56. The number of nitrogens with zero attached hydrogens (tertiary/aromatic N) is 1. The Hall–Kier alpha value is -3.75. The highest BCUT2D eigenvalue weighted by Gasteiger charge is 2.29. The molecule has 2 aromatic carbocycles. The van der Waals surface area contributed by atoms with Crippen LogP contribution in [0.3, 0.4) is 0 Å². The number of piperidine rings is 1. The van der Waals surface area contributed by atoms with Crippen molar-refractivity contribution in [3.63, 3.8) is 0 Å². The smallest absolute Gasteiger partial charge is 0.339 e. The lowest BCUT2D eigenvalue weighted by molar-refractivity contribution is -0.121. The van der Waals surface area contributed by atoms with Crippen LogP contribution in [0.5, 0.6) is 0 Å². The van der Waals surface area contributed by atoms with E-state index in [1.807, 2.05) is 0 Å². The Balaban J connectivity index is 1.68. The third kappa shape index (κ3) is 5.11. The standard InChI is InChI=1S/C23H23FN2O6/c1-31-22(29)16-6-7-18(23(30)32-2)19(13-16)25-20(27)14-8-10-26(11-9-14)21(28)15-4-3-5-17(24)12-15/h3-7,12-14H,8-11H2,1-2H3,(H,25,27). The van der Waals surface area contributed by atoms with Gasteiger partial charge in [-0.25, -0.2) is 14.0 Å². The lowest BCUT2D eigenvalue weighted by Gasteiger charge is -2.31. The van der Waals surface area contributed by atoms with Crippen molar-refractivity contribution >= 4 is 29.4 Å². The Morgan fingerprint density at radius 2 is 1.62 bits per heavy atom. The van der Waals surface area contributed by atoms with E-state index < -0.39 is 23.7 Å². The molecule has 32 heavy (non-hydrogen) atoms. The largest absolute Gasteiger partial charge is 0.465 e. The van der Waals surface area contributed by atoms with Gasteiger partial charge in [0, 0.05) is 24.6 Å². The number of carbonyl (C=O) groups excluding carboxylic acids is 4. The Labute approximate surface area is 184 Å². The van der Waals surface area contributed by atoms with Gasteiger partial charge in [-0.15, -0.1) is 0 Å². The van der Waals surface area contributed by atoms with Crippen molar-refractivity contribution in [2.45, 2.75) is 12.8 Å². The number of hydrogen-bond acceptors (Lipinski definition) is 6. The van der Waals surface area contributed by atoms with Gasteiger partial charge in [-0.2, -0.15) is 0 Å². The zero-order valence-corrected chi connectivity index (χ0v) is 17.7. The summed E-state index contributed by atoms with van der Waals surface area (Å²) in [4.78, 5) is 50.9. The molecule has 1 aliphatic rings. The molecule has 0 aliphatic carbocycles. The summed E-state index contributed by atoms with van der Waals surface area (Å²) in [7, 11) is 2.45. The number of benzene rings is 2. The van der Waals surface area contributed by atoms with Gasteiger partial charge >= 0.3 is 11.9 Å². The van der Waals surface area contributed by atoms with E-state index in [9.17, 15) is 23.6 Å². The average Bonchev–Trinajstić information content (AvgIpc) is 2.82. The molecule has 0 aromatic heterocycles. The second-order valence-electron chi connectivity index (χ2n) is 7.31. The van der Waals surface area contributed by atoms with Crippen molar-refractivity contribution in [2.75, 3.05) is 32.6 Å². The van der Waals surface area contributed by atoms with Gasteiger partial charge in [-0.1, -0.05) is 6.07 Å². The average molecular weight is 442 g/mol. The van der Waals surface area contributed by atoms with Crippen LogP contribution in [-0.2, 0) is 14.3 Å².